The highest BCUT2D eigenvalue weighted by atomic mass is 31.2. The molecule has 0 aromatic carbocycles. The molecule has 0 radical (unpaired) electrons. The zero-order valence-electron chi connectivity index (χ0n) is 15.1. The fraction of sp³-hybridized carbons (Fsp3) is 1.00. The average molecular weight is 368 g/mol. The van der Waals surface area contributed by atoms with Crippen molar-refractivity contribution in [3.8, 4) is 0 Å². The van der Waals surface area contributed by atoms with Crippen LogP contribution < -0.4 is 0 Å². The van der Waals surface area contributed by atoms with Gasteiger partial charge in [0.15, 0.2) is 12.1 Å². The molecule has 0 spiro atoms. The summed E-state index contributed by atoms with van der Waals surface area (Å²) in [6.07, 6.45) is -1.12. The molecular formula is C15H29O8P. The lowest BCUT2D eigenvalue weighted by molar-refractivity contribution is -0.231. The Bertz CT molecular complexity index is 433. The lowest BCUT2D eigenvalue weighted by atomic mass is 10.1. The van der Waals surface area contributed by atoms with Crippen molar-refractivity contribution in [3.63, 3.8) is 0 Å². The summed E-state index contributed by atoms with van der Waals surface area (Å²) in [7, 11) is -1.52. The number of ether oxygens (including phenoxy) is 5. The maximum atomic E-state index is 12.4. The molecule has 24 heavy (non-hydrogen) atoms. The molecule has 2 saturated heterocycles. The van der Waals surface area contributed by atoms with Crippen LogP contribution in [0.3, 0.4) is 0 Å². The van der Waals surface area contributed by atoms with Gasteiger partial charge in [-0.3, -0.25) is 4.57 Å². The Labute approximate surface area is 143 Å². The van der Waals surface area contributed by atoms with Crippen LogP contribution in [0.5, 0.6) is 0 Å². The SMILES string of the molecule is CCOP(=O)(CCOC[C@H]1OC(OC)[C@@H]2OC(C)(C)O[C@H]12)OCC. The third-order valence-corrected chi connectivity index (χ3v) is 5.82. The average Bonchev–Trinajstić information content (AvgIpc) is 2.97. The van der Waals surface area contributed by atoms with Crippen LogP contribution in [0.1, 0.15) is 27.7 Å². The minimum Gasteiger partial charge on any atom is -0.378 e. The first-order valence-electron chi connectivity index (χ1n) is 8.34. The standard InChI is InChI=1S/C15H29O8P/c1-6-19-24(16,20-7-2)9-8-18-10-11-12-13(14(17-5)21-11)23-15(3,4)22-12/h11-14H,6-10H2,1-5H3/t11-,12-,13-,14?/m1/s1. The predicted octanol–water partition coefficient (Wildman–Crippen LogP) is 2.16. The molecule has 2 heterocycles. The quantitative estimate of drug-likeness (QED) is 0.429. The molecule has 0 N–H and O–H groups in total. The van der Waals surface area contributed by atoms with Gasteiger partial charge in [-0.15, -0.1) is 0 Å². The van der Waals surface area contributed by atoms with Crippen molar-refractivity contribution < 1.29 is 37.3 Å². The second-order valence-corrected chi connectivity index (χ2v) is 8.27. The maximum absolute atomic E-state index is 12.4. The summed E-state index contributed by atoms with van der Waals surface area (Å²) in [6, 6.07) is 0. The highest BCUT2D eigenvalue weighted by molar-refractivity contribution is 7.53. The smallest absolute Gasteiger partial charge is 0.332 e. The van der Waals surface area contributed by atoms with E-state index in [0.717, 1.165) is 0 Å². The highest BCUT2D eigenvalue weighted by Crippen LogP contribution is 2.47. The Hall–Kier alpha value is -0.0500. The van der Waals surface area contributed by atoms with Gasteiger partial charge >= 0.3 is 7.60 Å². The van der Waals surface area contributed by atoms with Crippen LogP contribution in [0, 0.1) is 0 Å². The summed E-state index contributed by atoms with van der Waals surface area (Å²) in [5, 5.41) is 0. The molecule has 0 aliphatic carbocycles. The van der Waals surface area contributed by atoms with E-state index in [-0.39, 0.29) is 31.1 Å². The van der Waals surface area contributed by atoms with Crippen molar-refractivity contribution in [3.05, 3.63) is 0 Å². The second kappa shape index (κ2) is 8.56. The van der Waals surface area contributed by atoms with Crippen molar-refractivity contribution in [1.82, 2.24) is 0 Å². The minimum atomic E-state index is -3.09. The monoisotopic (exact) mass is 368 g/mol. The second-order valence-electron chi connectivity index (χ2n) is 6.09. The summed E-state index contributed by atoms with van der Waals surface area (Å²) >= 11 is 0. The van der Waals surface area contributed by atoms with E-state index in [2.05, 4.69) is 0 Å². The predicted molar refractivity (Wildman–Crippen MR) is 86.0 cm³/mol. The molecule has 8 nitrogen and oxygen atoms in total. The topological polar surface area (TPSA) is 81.7 Å². The van der Waals surface area contributed by atoms with Crippen LogP contribution in [0.4, 0.5) is 0 Å². The molecule has 0 bridgehead atoms. The molecule has 0 amide bonds. The van der Waals surface area contributed by atoms with Crippen molar-refractivity contribution in [2.24, 2.45) is 0 Å². The molecule has 142 valence electrons. The minimum absolute atomic E-state index is 0.200. The van der Waals surface area contributed by atoms with Gasteiger partial charge in [-0.25, -0.2) is 0 Å². The third-order valence-electron chi connectivity index (χ3n) is 3.78. The van der Waals surface area contributed by atoms with Gasteiger partial charge in [-0.2, -0.15) is 0 Å². The Kier molecular flexibility index (Phi) is 7.22. The highest BCUT2D eigenvalue weighted by Gasteiger charge is 2.55. The molecular weight excluding hydrogens is 339 g/mol. The molecule has 0 saturated carbocycles. The lowest BCUT2D eigenvalue weighted by Gasteiger charge is -2.23. The lowest BCUT2D eigenvalue weighted by Crippen LogP contribution is -2.33. The van der Waals surface area contributed by atoms with E-state index < -0.39 is 19.7 Å². The van der Waals surface area contributed by atoms with E-state index in [1.54, 1.807) is 21.0 Å². The summed E-state index contributed by atoms with van der Waals surface area (Å²) in [6.45, 7) is 8.49. The summed E-state index contributed by atoms with van der Waals surface area (Å²) < 4.78 is 51.2. The van der Waals surface area contributed by atoms with E-state index in [1.165, 1.54) is 0 Å². The van der Waals surface area contributed by atoms with Gasteiger partial charge in [0, 0.05) is 7.11 Å². The Morgan fingerprint density at radius 1 is 1.08 bits per heavy atom. The van der Waals surface area contributed by atoms with Gasteiger partial charge in [0.1, 0.15) is 18.3 Å². The molecule has 2 fully saturated rings. The number of hydrogen-bond acceptors (Lipinski definition) is 8. The molecule has 2 rings (SSSR count). The molecule has 0 aromatic rings. The largest absolute Gasteiger partial charge is 0.378 e. The van der Waals surface area contributed by atoms with E-state index in [4.69, 9.17) is 32.7 Å². The van der Waals surface area contributed by atoms with E-state index >= 15 is 0 Å². The maximum Gasteiger partial charge on any atom is 0.332 e. The Morgan fingerprint density at radius 3 is 2.29 bits per heavy atom. The van der Waals surface area contributed by atoms with Crippen LogP contribution in [0.25, 0.3) is 0 Å². The summed E-state index contributed by atoms with van der Waals surface area (Å²) in [5.74, 6) is -0.673. The van der Waals surface area contributed by atoms with Gasteiger partial charge in [-0.05, 0) is 27.7 Å². The number of methoxy groups -OCH3 is 1. The molecule has 1 unspecified atom stereocenters. The first kappa shape index (κ1) is 20.3. The summed E-state index contributed by atoms with van der Waals surface area (Å²) in [5.41, 5.74) is 0. The van der Waals surface area contributed by atoms with Gasteiger partial charge in [0.2, 0.25) is 0 Å². The third kappa shape index (κ3) is 4.99. The van der Waals surface area contributed by atoms with Crippen molar-refractivity contribution >= 4 is 7.60 Å². The van der Waals surface area contributed by atoms with Crippen LogP contribution in [0.15, 0.2) is 0 Å². The zero-order chi connectivity index (χ0) is 17.8. The van der Waals surface area contributed by atoms with Gasteiger partial charge in [0.25, 0.3) is 0 Å². The van der Waals surface area contributed by atoms with E-state index in [9.17, 15) is 4.57 Å². The zero-order valence-corrected chi connectivity index (χ0v) is 16.0. The number of rotatable bonds is 10. The molecule has 9 heteroatoms. The van der Waals surface area contributed by atoms with E-state index in [1.807, 2.05) is 13.8 Å². The van der Waals surface area contributed by atoms with Crippen molar-refractivity contribution in [2.45, 2.75) is 58.1 Å². The molecule has 4 atom stereocenters. The molecule has 2 aliphatic rings. The number of fused-ring (bicyclic) bond motifs is 1. The Balaban J connectivity index is 1.81. The fourth-order valence-corrected chi connectivity index (χ4v) is 4.37. The van der Waals surface area contributed by atoms with Crippen LogP contribution in [0.2, 0.25) is 0 Å². The van der Waals surface area contributed by atoms with Gasteiger partial charge in [-0.1, -0.05) is 0 Å². The van der Waals surface area contributed by atoms with Crippen molar-refractivity contribution in [2.75, 3.05) is 39.7 Å². The van der Waals surface area contributed by atoms with Crippen molar-refractivity contribution in [1.29, 1.82) is 0 Å². The van der Waals surface area contributed by atoms with Crippen LogP contribution in [-0.2, 0) is 37.3 Å². The Morgan fingerprint density at radius 2 is 1.71 bits per heavy atom. The molecule has 0 aromatic heterocycles. The summed E-state index contributed by atoms with van der Waals surface area (Å²) in [4.78, 5) is 0. The van der Waals surface area contributed by atoms with Gasteiger partial charge in [0.05, 0.1) is 32.6 Å². The van der Waals surface area contributed by atoms with Gasteiger partial charge < -0.3 is 32.7 Å². The van der Waals surface area contributed by atoms with Crippen LogP contribution >= 0.6 is 7.60 Å². The fourth-order valence-electron chi connectivity index (χ4n) is 2.90. The first-order valence-corrected chi connectivity index (χ1v) is 10.1. The normalized spacial score (nSPS) is 32.2. The van der Waals surface area contributed by atoms with Crippen LogP contribution in [-0.4, -0.2) is 70.1 Å². The first-order chi connectivity index (χ1) is 11.3. The number of hydrogen-bond donors (Lipinski definition) is 0. The molecule has 2 aliphatic heterocycles. The van der Waals surface area contributed by atoms with E-state index in [0.29, 0.717) is 19.8 Å².